The van der Waals surface area contributed by atoms with Gasteiger partial charge in [0, 0.05) is 24.0 Å². The van der Waals surface area contributed by atoms with Crippen LogP contribution in [0.1, 0.15) is 23.2 Å². The summed E-state index contributed by atoms with van der Waals surface area (Å²) >= 11 is 1.74. The number of thiazole rings is 1. The lowest BCUT2D eigenvalue weighted by molar-refractivity contribution is -0.908. The van der Waals surface area contributed by atoms with Crippen molar-refractivity contribution in [1.82, 2.24) is 4.57 Å². The van der Waals surface area contributed by atoms with Crippen LogP contribution in [-0.2, 0) is 11.3 Å². The minimum Gasteiger partial charge on any atom is -0.370 e. The van der Waals surface area contributed by atoms with Gasteiger partial charge in [0.2, 0.25) is 0 Å². The fraction of sp³-hybridized carbons (Fsp3) is 0.526. The Morgan fingerprint density at radius 2 is 2.00 bits per heavy atom. The molecule has 1 aliphatic heterocycles. The van der Waals surface area contributed by atoms with Gasteiger partial charge in [-0.1, -0.05) is 12.1 Å². The number of hydrogen-bond acceptors (Lipinski definition) is 3. The van der Waals surface area contributed by atoms with E-state index >= 15 is 0 Å². The zero-order chi connectivity index (χ0) is 16.9. The summed E-state index contributed by atoms with van der Waals surface area (Å²) in [6.07, 6.45) is 1.19. The zero-order valence-corrected chi connectivity index (χ0v) is 15.8. The Labute approximate surface area is 148 Å². The van der Waals surface area contributed by atoms with E-state index in [2.05, 4.69) is 48.9 Å². The highest BCUT2D eigenvalue weighted by molar-refractivity contribution is 7.07. The van der Waals surface area contributed by atoms with Crippen molar-refractivity contribution >= 4 is 17.0 Å². The molecule has 3 rings (SSSR count). The lowest BCUT2D eigenvalue weighted by atomic mass is 10.1. The highest BCUT2D eigenvalue weighted by Crippen LogP contribution is 2.20. The molecule has 0 bridgehead atoms. The lowest BCUT2D eigenvalue weighted by Crippen LogP contribution is -3.14. The molecule has 130 valence electrons. The molecule has 1 saturated heterocycles. The maximum absolute atomic E-state index is 5.44. The average Bonchev–Trinajstić information content (AvgIpc) is 2.93. The molecule has 24 heavy (non-hydrogen) atoms. The molecule has 5 heteroatoms. The molecule has 4 nitrogen and oxygen atoms in total. The topological polar surface area (TPSA) is 31.0 Å². The molecule has 0 atom stereocenters. The van der Waals surface area contributed by atoms with Crippen molar-refractivity contribution in [3.05, 3.63) is 45.2 Å². The molecule has 2 heterocycles. The second-order valence-corrected chi connectivity index (χ2v) is 7.44. The van der Waals surface area contributed by atoms with E-state index in [1.54, 1.807) is 16.2 Å². The molecule has 2 aromatic rings. The first-order chi connectivity index (χ1) is 11.6. The summed E-state index contributed by atoms with van der Waals surface area (Å²) < 4.78 is 7.81. The summed E-state index contributed by atoms with van der Waals surface area (Å²) in [6, 6.07) is 6.35. The van der Waals surface area contributed by atoms with Gasteiger partial charge in [-0.25, -0.2) is 4.99 Å². The Balaban J connectivity index is 1.73. The lowest BCUT2D eigenvalue weighted by Gasteiger charge is -2.23. The van der Waals surface area contributed by atoms with Crippen molar-refractivity contribution in [2.75, 3.05) is 32.8 Å². The minimum atomic E-state index is 0.910. The van der Waals surface area contributed by atoms with Crippen LogP contribution in [0.4, 0.5) is 5.69 Å². The van der Waals surface area contributed by atoms with Gasteiger partial charge < -0.3 is 14.2 Å². The minimum absolute atomic E-state index is 0.910. The standard InChI is InChI=1S/C19H27N3OS/c1-15-6-4-7-18(17(15)3)20-19-22(16(2)14-24-19)9-5-8-21-10-12-23-13-11-21/h4,6-7,14H,5,8-13H2,1-3H3/p+1. The number of nitrogens with one attached hydrogen (secondary N) is 1. The fourth-order valence-corrected chi connectivity index (χ4v) is 4.05. The first-order valence-electron chi connectivity index (χ1n) is 8.82. The number of hydrogen-bond donors (Lipinski definition) is 1. The maximum Gasteiger partial charge on any atom is 0.190 e. The Morgan fingerprint density at radius 3 is 2.79 bits per heavy atom. The van der Waals surface area contributed by atoms with Gasteiger partial charge in [-0.05, 0) is 38.0 Å². The molecule has 0 spiro atoms. The van der Waals surface area contributed by atoms with Crippen LogP contribution < -0.4 is 9.70 Å². The van der Waals surface area contributed by atoms with Gasteiger partial charge in [0.1, 0.15) is 13.1 Å². The van der Waals surface area contributed by atoms with Crippen LogP contribution >= 0.6 is 11.3 Å². The van der Waals surface area contributed by atoms with Gasteiger partial charge in [0.05, 0.1) is 25.4 Å². The third-order valence-electron chi connectivity index (χ3n) is 4.90. The van der Waals surface area contributed by atoms with Gasteiger partial charge in [0.25, 0.3) is 0 Å². The summed E-state index contributed by atoms with van der Waals surface area (Å²) in [5.74, 6) is 0. The van der Waals surface area contributed by atoms with Crippen LogP contribution in [0.2, 0.25) is 0 Å². The molecule has 1 aliphatic rings. The monoisotopic (exact) mass is 346 g/mol. The van der Waals surface area contributed by atoms with Crippen LogP contribution in [0.5, 0.6) is 0 Å². The fourth-order valence-electron chi connectivity index (χ4n) is 3.13. The van der Waals surface area contributed by atoms with E-state index in [0.29, 0.717) is 0 Å². The number of quaternary nitrogens is 1. The maximum atomic E-state index is 5.44. The van der Waals surface area contributed by atoms with Crippen molar-refractivity contribution in [2.45, 2.75) is 33.7 Å². The molecular weight excluding hydrogens is 318 g/mol. The molecule has 0 amide bonds. The Kier molecular flexibility index (Phi) is 5.87. The number of rotatable bonds is 5. The van der Waals surface area contributed by atoms with Crippen molar-refractivity contribution in [3.8, 4) is 0 Å². The normalized spacial score (nSPS) is 16.7. The molecule has 1 aromatic heterocycles. The molecular formula is C19H28N3OS+. The quantitative estimate of drug-likeness (QED) is 0.882. The third kappa shape index (κ3) is 4.15. The summed E-state index contributed by atoms with van der Waals surface area (Å²) in [6.45, 7) is 12.9. The Bertz CT molecular complexity index is 741. The number of benzene rings is 1. The van der Waals surface area contributed by atoms with Crippen LogP contribution in [0, 0.1) is 20.8 Å². The summed E-state index contributed by atoms with van der Waals surface area (Å²) in [4.78, 5) is 7.72. The van der Waals surface area contributed by atoms with Gasteiger partial charge in [-0.15, -0.1) is 11.3 Å². The van der Waals surface area contributed by atoms with E-state index in [9.17, 15) is 0 Å². The van der Waals surface area contributed by atoms with Crippen LogP contribution in [0.15, 0.2) is 28.6 Å². The predicted octanol–water partition coefficient (Wildman–Crippen LogP) is 2.01. The van der Waals surface area contributed by atoms with Gasteiger partial charge in [-0.3, -0.25) is 0 Å². The Morgan fingerprint density at radius 1 is 1.21 bits per heavy atom. The number of morpholine rings is 1. The second kappa shape index (κ2) is 8.10. The number of aryl methyl sites for hydroxylation is 2. The Hall–Kier alpha value is -1.43. The predicted molar refractivity (Wildman–Crippen MR) is 99.2 cm³/mol. The SMILES string of the molecule is Cc1cccc(N=c2scc(C)n2CCC[NH+]2CCOCC2)c1C. The van der Waals surface area contributed by atoms with E-state index in [1.165, 1.54) is 29.8 Å². The number of ether oxygens (including phenoxy) is 1. The van der Waals surface area contributed by atoms with Crippen molar-refractivity contribution in [1.29, 1.82) is 0 Å². The van der Waals surface area contributed by atoms with E-state index < -0.39 is 0 Å². The molecule has 1 fully saturated rings. The second-order valence-electron chi connectivity index (χ2n) is 6.61. The van der Waals surface area contributed by atoms with E-state index in [0.717, 1.165) is 43.3 Å². The molecule has 1 aromatic carbocycles. The smallest absolute Gasteiger partial charge is 0.190 e. The van der Waals surface area contributed by atoms with Gasteiger partial charge >= 0.3 is 0 Å². The van der Waals surface area contributed by atoms with Crippen LogP contribution in [0.25, 0.3) is 0 Å². The van der Waals surface area contributed by atoms with Crippen molar-refractivity contribution < 1.29 is 9.64 Å². The summed E-state index contributed by atoms with van der Waals surface area (Å²) in [7, 11) is 0. The van der Waals surface area contributed by atoms with E-state index in [4.69, 9.17) is 9.73 Å². The molecule has 0 saturated carbocycles. The molecule has 0 radical (unpaired) electrons. The van der Waals surface area contributed by atoms with Crippen molar-refractivity contribution in [3.63, 3.8) is 0 Å². The van der Waals surface area contributed by atoms with Crippen LogP contribution in [0.3, 0.4) is 0 Å². The van der Waals surface area contributed by atoms with Crippen LogP contribution in [-0.4, -0.2) is 37.4 Å². The highest BCUT2D eigenvalue weighted by Gasteiger charge is 2.13. The summed E-state index contributed by atoms with van der Waals surface area (Å²) in [5, 5.41) is 2.21. The van der Waals surface area contributed by atoms with E-state index in [-0.39, 0.29) is 0 Å². The molecule has 0 aliphatic carbocycles. The highest BCUT2D eigenvalue weighted by atomic mass is 32.1. The summed E-state index contributed by atoms with van der Waals surface area (Å²) in [5.41, 5.74) is 4.96. The zero-order valence-electron chi connectivity index (χ0n) is 15.0. The number of aromatic nitrogens is 1. The largest absolute Gasteiger partial charge is 0.370 e. The number of nitrogens with zero attached hydrogens (tertiary/aromatic N) is 2. The first kappa shape index (κ1) is 17.4. The molecule has 1 N–H and O–H groups in total. The first-order valence-corrected chi connectivity index (χ1v) is 9.70. The third-order valence-corrected chi connectivity index (χ3v) is 5.88. The average molecular weight is 347 g/mol. The van der Waals surface area contributed by atoms with Gasteiger partial charge in [0.15, 0.2) is 4.80 Å². The van der Waals surface area contributed by atoms with E-state index in [1.807, 2.05) is 0 Å². The molecule has 0 unspecified atom stereocenters. The van der Waals surface area contributed by atoms with Gasteiger partial charge in [-0.2, -0.15) is 0 Å². The van der Waals surface area contributed by atoms with Crippen molar-refractivity contribution in [2.24, 2.45) is 4.99 Å².